The van der Waals surface area contributed by atoms with Gasteiger partial charge < -0.3 is 9.47 Å². The molecule has 0 heterocycles. The molecule has 2 aromatic rings. The number of rotatable bonds is 5. The first-order chi connectivity index (χ1) is 10.5. The molecule has 0 unspecified atom stereocenters. The van der Waals surface area contributed by atoms with Crippen LogP contribution in [-0.2, 0) is 0 Å². The molecular weight excluding hydrogens is 402 g/mol. The van der Waals surface area contributed by atoms with Gasteiger partial charge in [0.05, 0.1) is 15.7 Å². The first-order valence-corrected chi connectivity index (χ1v) is 7.52. The van der Waals surface area contributed by atoms with Crippen molar-refractivity contribution in [2.24, 2.45) is 0 Å². The van der Waals surface area contributed by atoms with E-state index in [0.717, 1.165) is 0 Å². The second-order valence-corrected chi connectivity index (χ2v) is 5.44. The molecule has 0 saturated heterocycles. The molecule has 0 fully saturated rings. The number of hydrogen-bond donors (Lipinski definition) is 0. The van der Waals surface area contributed by atoms with Crippen LogP contribution in [0, 0.1) is 9.39 Å². The SMILES string of the molecule is CCOc1cc(C=O)cc(I)c1OC(=O)c1ccc(F)cc1. The Bertz CT molecular complexity index is 698. The fourth-order valence-corrected chi connectivity index (χ4v) is 2.49. The van der Waals surface area contributed by atoms with E-state index in [9.17, 15) is 14.0 Å². The zero-order valence-corrected chi connectivity index (χ0v) is 13.8. The summed E-state index contributed by atoms with van der Waals surface area (Å²) in [5.74, 6) is -0.511. The van der Waals surface area contributed by atoms with Gasteiger partial charge in [0.2, 0.25) is 0 Å². The van der Waals surface area contributed by atoms with E-state index in [1.807, 2.05) is 22.6 Å². The summed E-state index contributed by atoms with van der Waals surface area (Å²) in [6.45, 7) is 2.14. The third kappa shape index (κ3) is 3.82. The molecule has 0 bridgehead atoms. The Kier molecular flexibility index (Phi) is 5.48. The normalized spacial score (nSPS) is 10.1. The lowest BCUT2D eigenvalue weighted by atomic mass is 10.2. The summed E-state index contributed by atoms with van der Waals surface area (Å²) in [4.78, 5) is 23.0. The number of benzene rings is 2. The van der Waals surface area contributed by atoms with Gasteiger partial charge in [-0.15, -0.1) is 0 Å². The van der Waals surface area contributed by atoms with Gasteiger partial charge in [0.15, 0.2) is 11.5 Å². The number of hydrogen-bond acceptors (Lipinski definition) is 4. The van der Waals surface area contributed by atoms with Gasteiger partial charge in [-0.05, 0) is 65.9 Å². The quantitative estimate of drug-likeness (QED) is 0.323. The van der Waals surface area contributed by atoms with Crippen molar-refractivity contribution in [3.8, 4) is 11.5 Å². The lowest BCUT2D eigenvalue weighted by molar-refractivity contribution is 0.0727. The zero-order valence-electron chi connectivity index (χ0n) is 11.6. The Morgan fingerprint density at radius 1 is 1.27 bits per heavy atom. The molecule has 0 aliphatic rings. The van der Waals surface area contributed by atoms with Crippen molar-refractivity contribution in [3.05, 3.63) is 56.9 Å². The minimum Gasteiger partial charge on any atom is -0.490 e. The fourth-order valence-electron chi connectivity index (χ4n) is 1.76. The standard InChI is InChI=1S/C16H12FIO4/c1-2-21-14-8-10(9-19)7-13(18)15(14)22-16(20)11-3-5-12(17)6-4-11/h3-9H,2H2,1H3. The Balaban J connectivity index is 2.33. The number of carbonyl (C=O) groups is 2. The van der Waals surface area contributed by atoms with Crippen molar-refractivity contribution in [2.75, 3.05) is 6.61 Å². The van der Waals surface area contributed by atoms with Gasteiger partial charge in [0.1, 0.15) is 12.1 Å². The van der Waals surface area contributed by atoms with Crippen LogP contribution in [0.5, 0.6) is 11.5 Å². The summed E-state index contributed by atoms with van der Waals surface area (Å²) in [6, 6.07) is 8.13. The highest BCUT2D eigenvalue weighted by Crippen LogP contribution is 2.34. The third-order valence-electron chi connectivity index (χ3n) is 2.74. The average Bonchev–Trinajstić information content (AvgIpc) is 2.51. The van der Waals surface area contributed by atoms with Gasteiger partial charge in [-0.1, -0.05) is 0 Å². The van der Waals surface area contributed by atoms with E-state index < -0.39 is 11.8 Å². The van der Waals surface area contributed by atoms with Crippen LogP contribution in [0.4, 0.5) is 4.39 Å². The Morgan fingerprint density at radius 2 is 1.95 bits per heavy atom. The molecule has 22 heavy (non-hydrogen) atoms. The molecule has 0 N–H and O–H groups in total. The van der Waals surface area contributed by atoms with E-state index in [1.165, 1.54) is 30.3 Å². The molecule has 6 heteroatoms. The molecule has 0 amide bonds. The Labute approximate surface area is 140 Å². The summed E-state index contributed by atoms with van der Waals surface area (Å²) < 4.78 is 24.2. The summed E-state index contributed by atoms with van der Waals surface area (Å²) in [6.07, 6.45) is 0.691. The van der Waals surface area contributed by atoms with E-state index in [2.05, 4.69) is 0 Å². The van der Waals surface area contributed by atoms with Crippen LogP contribution >= 0.6 is 22.6 Å². The van der Waals surface area contributed by atoms with Gasteiger partial charge in [-0.2, -0.15) is 0 Å². The van der Waals surface area contributed by atoms with E-state index in [0.29, 0.717) is 27.8 Å². The highest BCUT2D eigenvalue weighted by Gasteiger charge is 2.17. The van der Waals surface area contributed by atoms with Crippen molar-refractivity contribution < 1.29 is 23.5 Å². The van der Waals surface area contributed by atoms with Crippen LogP contribution in [-0.4, -0.2) is 18.9 Å². The highest BCUT2D eigenvalue weighted by atomic mass is 127. The van der Waals surface area contributed by atoms with Crippen LogP contribution in [0.1, 0.15) is 27.6 Å². The van der Waals surface area contributed by atoms with E-state index in [1.54, 1.807) is 13.0 Å². The molecule has 2 rings (SSSR count). The van der Waals surface area contributed by atoms with Crippen molar-refractivity contribution in [1.29, 1.82) is 0 Å². The topological polar surface area (TPSA) is 52.6 Å². The minimum absolute atomic E-state index is 0.221. The van der Waals surface area contributed by atoms with Crippen LogP contribution < -0.4 is 9.47 Å². The van der Waals surface area contributed by atoms with Gasteiger partial charge in [-0.3, -0.25) is 4.79 Å². The summed E-state index contributed by atoms with van der Waals surface area (Å²) in [5.41, 5.74) is 0.647. The third-order valence-corrected chi connectivity index (χ3v) is 3.54. The molecule has 0 radical (unpaired) electrons. The van der Waals surface area contributed by atoms with Crippen LogP contribution in [0.15, 0.2) is 36.4 Å². The molecule has 4 nitrogen and oxygen atoms in total. The Morgan fingerprint density at radius 3 is 2.55 bits per heavy atom. The second kappa shape index (κ2) is 7.35. The number of ether oxygens (including phenoxy) is 2. The van der Waals surface area contributed by atoms with Gasteiger partial charge >= 0.3 is 5.97 Å². The molecule has 0 aliphatic carbocycles. The molecule has 0 saturated carbocycles. The van der Waals surface area contributed by atoms with Crippen molar-refractivity contribution in [2.45, 2.75) is 6.92 Å². The number of aldehydes is 1. The number of esters is 1. The monoisotopic (exact) mass is 414 g/mol. The van der Waals surface area contributed by atoms with Crippen LogP contribution in [0.25, 0.3) is 0 Å². The molecule has 2 aromatic carbocycles. The number of halogens is 2. The first kappa shape index (κ1) is 16.4. The van der Waals surface area contributed by atoms with Gasteiger partial charge in [0, 0.05) is 5.56 Å². The maximum Gasteiger partial charge on any atom is 0.343 e. The van der Waals surface area contributed by atoms with Crippen LogP contribution in [0.3, 0.4) is 0 Å². The van der Waals surface area contributed by atoms with Crippen molar-refractivity contribution >= 4 is 34.8 Å². The largest absolute Gasteiger partial charge is 0.490 e. The predicted octanol–water partition coefficient (Wildman–Crippen LogP) is 3.86. The minimum atomic E-state index is -0.627. The Hall–Kier alpha value is -1.96. The second-order valence-electron chi connectivity index (χ2n) is 4.28. The molecule has 0 spiro atoms. The van der Waals surface area contributed by atoms with E-state index >= 15 is 0 Å². The first-order valence-electron chi connectivity index (χ1n) is 6.44. The average molecular weight is 414 g/mol. The molecule has 0 aliphatic heterocycles. The lowest BCUT2D eigenvalue weighted by Gasteiger charge is -2.13. The van der Waals surface area contributed by atoms with Gasteiger partial charge in [-0.25, -0.2) is 9.18 Å². The molecule has 114 valence electrons. The lowest BCUT2D eigenvalue weighted by Crippen LogP contribution is -2.11. The van der Waals surface area contributed by atoms with E-state index in [-0.39, 0.29) is 11.3 Å². The van der Waals surface area contributed by atoms with Crippen molar-refractivity contribution in [1.82, 2.24) is 0 Å². The summed E-state index contributed by atoms with van der Waals surface area (Å²) >= 11 is 1.96. The highest BCUT2D eigenvalue weighted by molar-refractivity contribution is 14.1. The number of carbonyl (C=O) groups excluding carboxylic acids is 2. The zero-order chi connectivity index (χ0) is 16.1. The van der Waals surface area contributed by atoms with Crippen molar-refractivity contribution in [3.63, 3.8) is 0 Å². The van der Waals surface area contributed by atoms with Gasteiger partial charge in [0.25, 0.3) is 0 Å². The maximum atomic E-state index is 12.9. The van der Waals surface area contributed by atoms with Crippen LogP contribution in [0.2, 0.25) is 0 Å². The maximum absolute atomic E-state index is 12.9. The smallest absolute Gasteiger partial charge is 0.343 e. The fraction of sp³-hybridized carbons (Fsp3) is 0.125. The molecule has 0 aromatic heterocycles. The van der Waals surface area contributed by atoms with E-state index in [4.69, 9.17) is 9.47 Å². The molecular formula is C16H12FIO4. The molecule has 0 atom stereocenters. The predicted molar refractivity (Wildman–Crippen MR) is 87.1 cm³/mol. The summed E-state index contributed by atoms with van der Waals surface area (Å²) in [7, 11) is 0. The summed E-state index contributed by atoms with van der Waals surface area (Å²) in [5, 5.41) is 0.